The molecule has 0 aliphatic rings. The van der Waals surface area contributed by atoms with Crippen LogP contribution in [0.5, 0.6) is 0 Å². The van der Waals surface area contributed by atoms with Crippen molar-refractivity contribution in [3.05, 3.63) is 0 Å². The van der Waals surface area contributed by atoms with Gasteiger partial charge in [-0.15, -0.1) is 0 Å². The van der Waals surface area contributed by atoms with Crippen molar-refractivity contribution in [3.63, 3.8) is 0 Å². The van der Waals surface area contributed by atoms with Gasteiger partial charge < -0.3 is 23.7 Å². The van der Waals surface area contributed by atoms with Crippen LogP contribution in [-0.4, -0.2) is 40.5 Å². The van der Waals surface area contributed by atoms with E-state index < -0.39 is 20.8 Å². The predicted octanol–water partition coefficient (Wildman–Crippen LogP) is -6.50. The van der Waals surface area contributed by atoms with Crippen molar-refractivity contribution in [1.82, 2.24) is 0 Å². The van der Waals surface area contributed by atoms with Crippen molar-refractivity contribution in [1.29, 1.82) is 0 Å². The van der Waals surface area contributed by atoms with Crippen LogP contribution in [0, 0.1) is 40.8 Å². The minimum Gasteiger partial charge on any atom is -0.759 e. The van der Waals surface area contributed by atoms with Crippen LogP contribution in [0.1, 0.15) is 0 Å². The van der Waals surface area contributed by atoms with Gasteiger partial charge in [-0.25, -0.2) is 0 Å². The molecule has 0 aromatic heterocycles. The second-order valence-corrected chi connectivity index (χ2v) is 2.45. The van der Waals surface area contributed by atoms with Gasteiger partial charge in [0.25, 0.3) is 0 Å². The van der Waals surface area contributed by atoms with E-state index in [-0.39, 0.29) is 75.9 Å². The van der Waals surface area contributed by atoms with Crippen molar-refractivity contribution < 1.29 is 111 Å². The molecule has 0 saturated heterocycles. The molecule has 0 aliphatic heterocycles. The van der Waals surface area contributed by atoms with E-state index in [2.05, 4.69) is 0 Å². The van der Waals surface area contributed by atoms with Crippen molar-refractivity contribution in [2.24, 2.45) is 0 Å². The molecule has 0 amide bonds. The third-order valence-electron chi connectivity index (χ3n) is 0. The molecule has 0 spiro atoms. The summed E-state index contributed by atoms with van der Waals surface area (Å²) in [6.45, 7) is 0. The maximum Gasteiger partial charge on any atom is 3.00 e. The predicted molar refractivity (Wildman–Crippen MR) is 24.6 cm³/mol. The fourth-order valence-corrected chi connectivity index (χ4v) is 0. The van der Waals surface area contributed by atoms with Crippen LogP contribution in [0.25, 0.3) is 0 Å². The molecule has 0 atom stereocenters. The first-order valence-corrected chi connectivity index (χ1v) is 4.00. The first-order valence-electron chi connectivity index (χ1n) is 1.33. The molecule has 0 aromatic rings. The van der Waals surface area contributed by atoms with E-state index in [1.54, 1.807) is 0 Å². The Labute approximate surface area is 130 Å². The summed E-state index contributed by atoms with van der Waals surface area (Å²) in [6, 6.07) is 0. The van der Waals surface area contributed by atoms with E-state index in [9.17, 15) is 0 Å². The summed E-state index contributed by atoms with van der Waals surface area (Å²) in [4.78, 5) is 0. The molecule has 0 aliphatic carbocycles. The zero-order chi connectivity index (χ0) is 9.00. The van der Waals surface area contributed by atoms with Crippen LogP contribution >= 0.6 is 0 Å². The monoisotopic (exact) mass is 375 g/mol. The van der Waals surface area contributed by atoms with Gasteiger partial charge in [-0.05, 0) is 0 Å². The molecule has 13 heavy (non-hydrogen) atoms. The minimum absolute atomic E-state index is 0. The number of rotatable bonds is 0. The van der Waals surface area contributed by atoms with Gasteiger partial charge in [-0.3, -0.25) is 16.8 Å². The Morgan fingerprint density at radius 2 is 0.692 bits per heavy atom. The van der Waals surface area contributed by atoms with Crippen LogP contribution in [0.15, 0.2) is 0 Å². The Bertz CT molecular complexity index is 214. The fourth-order valence-electron chi connectivity index (χ4n) is 0. The molecule has 0 heterocycles. The average Bonchev–Trinajstić information content (AvgIpc) is 1.12. The maximum absolute atomic E-state index is 8.52. The van der Waals surface area contributed by atoms with E-state index in [0.717, 1.165) is 0 Å². The van der Waals surface area contributed by atoms with Crippen LogP contribution in [0.3, 0.4) is 0 Å². The zero-order valence-corrected chi connectivity index (χ0v) is 12.9. The van der Waals surface area contributed by atoms with Crippen LogP contribution in [-0.2, 0) is 20.8 Å². The normalized spacial score (nSPS) is 8.92. The molecular weight excluding hydrogens is 375 g/mol. The summed E-state index contributed by atoms with van der Waals surface area (Å²) in [7, 11) is -10.3. The molecule has 13 heteroatoms. The smallest absolute Gasteiger partial charge is 0.759 e. The van der Waals surface area contributed by atoms with Crippen LogP contribution in [0.2, 0.25) is 0 Å². The average molecular weight is 377 g/mol. The minimum atomic E-state index is -5.17. The van der Waals surface area contributed by atoms with Gasteiger partial charge in [-0.1, -0.05) is 0 Å². The molecule has 2 N–H and O–H groups in total. The SMILES string of the molecule is O.O=S(=O)([O-])[O-].O=S(=O)([O-])[O-].[Na+].[Nd+3]. The Kier molecular flexibility index (Phi) is 27.4. The maximum atomic E-state index is 8.52. The molecule has 0 fully saturated rings. The van der Waals surface area contributed by atoms with Crippen molar-refractivity contribution >= 4 is 20.8 Å². The standard InChI is InChI=1S/Na.Nd.2H2O4S.H2O/c;;2*1-5(2,3)4;/h;;2*(H2,1,2,3,4);1H2/q+1;+3;;;/p-4. The van der Waals surface area contributed by atoms with Crippen molar-refractivity contribution in [2.75, 3.05) is 0 Å². The summed E-state index contributed by atoms with van der Waals surface area (Å²) in [5, 5.41) is 0. The van der Waals surface area contributed by atoms with E-state index in [4.69, 9.17) is 35.0 Å². The van der Waals surface area contributed by atoms with Gasteiger partial charge in [0.1, 0.15) is 0 Å². The summed E-state index contributed by atoms with van der Waals surface area (Å²) >= 11 is 0. The van der Waals surface area contributed by atoms with E-state index in [1.165, 1.54) is 0 Å². The molecule has 0 saturated carbocycles. The van der Waals surface area contributed by atoms with Gasteiger partial charge in [0.15, 0.2) is 0 Å². The first-order chi connectivity index (χ1) is 4.00. The van der Waals surface area contributed by atoms with Crippen molar-refractivity contribution in [2.45, 2.75) is 0 Å². The van der Waals surface area contributed by atoms with E-state index in [1.807, 2.05) is 0 Å². The summed E-state index contributed by atoms with van der Waals surface area (Å²) in [5.41, 5.74) is 0. The summed E-state index contributed by atoms with van der Waals surface area (Å²) in [6.07, 6.45) is 0. The van der Waals surface area contributed by atoms with E-state index >= 15 is 0 Å². The van der Waals surface area contributed by atoms with Gasteiger partial charge in [0.05, 0.1) is 0 Å². The van der Waals surface area contributed by atoms with Crippen molar-refractivity contribution in [3.8, 4) is 0 Å². The zero-order valence-electron chi connectivity index (χ0n) is 6.08. The number of hydrogen-bond donors (Lipinski definition) is 0. The topological polar surface area (TPSA) is 192 Å². The second-order valence-electron chi connectivity index (χ2n) is 0.816. The molecule has 0 unspecified atom stereocenters. The largest absolute Gasteiger partial charge is 3.00 e. The molecule has 0 aromatic carbocycles. The fraction of sp³-hybridized carbons (Fsp3) is 0. The Morgan fingerprint density at radius 1 is 0.692 bits per heavy atom. The van der Waals surface area contributed by atoms with E-state index in [0.29, 0.717) is 0 Å². The molecular formula is H2NaNdO9S2. The van der Waals surface area contributed by atoms with Gasteiger partial charge in [0, 0.05) is 20.8 Å². The quantitative estimate of drug-likeness (QED) is 0.226. The van der Waals surface area contributed by atoms with Gasteiger partial charge in [-0.2, -0.15) is 0 Å². The molecule has 0 bridgehead atoms. The third-order valence-corrected chi connectivity index (χ3v) is 0. The Morgan fingerprint density at radius 3 is 0.692 bits per heavy atom. The van der Waals surface area contributed by atoms with Gasteiger partial charge in [0.2, 0.25) is 0 Å². The molecule has 1 radical (unpaired) electrons. The third kappa shape index (κ3) is 485. The first kappa shape index (κ1) is 29.4. The van der Waals surface area contributed by atoms with Crippen LogP contribution in [0.4, 0.5) is 0 Å². The molecule has 73 valence electrons. The second kappa shape index (κ2) is 12.1. The number of hydrogen-bond acceptors (Lipinski definition) is 8. The van der Waals surface area contributed by atoms with Gasteiger partial charge >= 0.3 is 70.4 Å². The Balaban J connectivity index is -0.0000000267. The molecule has 9 nitrogen and oxygen atoms in total. The summed E-state index contributed by atoms with van der Waals surface area (Å²) in [5.74, 6) is 0. The summed E-state index contributed by atoms with van der Waals surface area (Å²) < 4.78 is 68.2. The van der Waals surface area contributed by atoms with Crippen LogP contribution < -0.4 is 29.6 Å². The Hall–Kier alpha value is 2.05. The molecule has 0 rings (SSSR count).